The van der Waals surface area contributed by atoms with Crippen LogP contribution in [0.5, 0.6) is 6.01 Å². The van der Waals surface area contributed by atoms with Crippen LogP contribution in [0.1, 0.15) is 58.7 Å². The average Bonchev–Trinajstić information content (AvgIpc) is 3.40. The summed E-state index contributed by atoms with van der Waals surface area (Å²) < 4.78 is 37.0. The number of ether oxygens (including phenoxy) is 4. The zero-order valence-corrected chi connectivity index (χ0v) is 23.3. The van der Waals surface area contributed by atoms with Crippen LogP contribution in [-0.2, 0) is 29.6 Å². The van der Waals surface area contributed by atoms with E-state index in [1.807, 2.05) is 0 Å². The van der Waals surface area contributed by atoms with Crippen molar-refractivity contribution in [3.05, 3.63) is 48.2 Å². The third-order valence-electron chi connectivity index (χ3n) is 7.20. The van der Waals surface area contributed by atoms with Crippen molar-refractivity contribution in [2.45, 2.75) is 70.9 Å². The highest BCUT2D eigenvalue weighted by Gasteiger charge is 2.54. The lowest BCUT2D eigenvalue weighted by Crippen LogP contribution is -2.56. The molecule has 3 heterocycles. The first-order valence-corrected chi connectivity index (χ1v) is 13.7. The molecule has 3 N–H and O–H groups in total. The van der Waals surface area contributed by atoms with E-state index < -0.39 is 28.9 Å². The van der Waals surface area contributed by atoms with Crippen LogP contribution in [0.15, 0.2) is 36.5 Å². The fourth-order valence-corrected chi connectivity index (χ4v) is 4.88. The summed E-state index contributed by atoms with van der Waals surface area (Å²) in [6.07, 6.45) is 6.49. The number of aromatic amines is 1. The van der Waals surface area contributed by atoms with E-state index in [-0.39, 0.29) is 37.3 Å². The van der Waals surface area contributed by atoms with E-state index >= 15 is 0 Å². The third kappa shape index (κ3) is 5.94. The van der Waals surface area contributed by atoms with Crippen LogP contribution >= 0.6 is 0 Å². The molecule has 41 heavy (non-hydrogen) atoms. The van der Waals surface area contributed by atoms with E-state index in [2.05, 4.69) is 19.9 Å². The number of aromatic nitrogens is 4. The highest BCUT2D eigenvalue weighted by molar-refractivity contribution is 5.85. The van der Waals surface area contributed by atoms with Gasteiger partial charge >= 0.3 is 17.8 Å². The molecule has 3 aromatic rings. The molecule has 0 atom stereocenters. The van der Waals surface area contributed by atoms with Crippen LogP contribution in [-0.4, -0.2) is 57.2 Å². The lowest BCUT2D eigenvalue weighted by molar-refractivity contribution is -0.294. The number of nitrogens with one attached hydrogen (secondary N) is 1. The number of benzene rings is 1. The Morgan fingerprint density at radius 2 is 1.76 bits per heavy atom. The Kier molecular flexibility index (Phi) is 8.05. The number of rotatable bonds is 8. The fraction of sp³-hybridized carbons (Fsp3) is 0.483. The first kappa shape index (κ1) is 28.6. The minimum Gasteiger partial charge on any atom is -0.462 e. The van der Waals surface area contributed by atoms with E-state index in [4.69, 9.17) is 24.7 Å². The molecule has 5 rings (SSSR count). The van der Waals surface area contributed by atoms with Gasteiger partial charge in [0.1, 0.15) is 17.3 Å². The third-order valence-corrected chi connectivity index (χ3v) is 7.20. The van der Waals surface area contributed by atoms with Gasteiger partial charge in [-0.15, -0.1) is 0 Å². The van der Waals surface area contributed by atoms with E-state index in [9.17, 15) is 14.0 Å². The van der Waals surface area contributed by atoms with Crippen molar-refractivity contribution in [1.29, 1.82) is 0 Å². The molecule has 0 bridgehead atoms. The molecule has 1 aliphatic carbocycles. The predicted octanol–water partition coefficient (Wildman–Crippen LogP) is 4.03. The normalized spacial score (nSPS) is 23.3. The van der Waals surface area contributed by atoms with E-state index in [1.165, 1.54) is 18.6 Å². The Balaban J connectivity index is 1.52. The molecule has 2 aliphatic rings. The molecule has 1 aromatic carbocycles. The molecule has 0 radical (unpaired) electrons. The van der Waals surface area contributed by atoms with Crippen molar-refractivity contribution < 1.29 is 32.9 Å². The number of carbonyl (C=O) groups is 2. The molecule has 2 fully saturated rings. The number of hydrogen-bond donors (Lipinski definition) is 2. The van der Waals surface area contributed by atoms with Crippen molar-refractivity contribution in [3.8, 4) is 28.7 Å². The van der Waals surface area contributed by atoms with E-state index in [0.29, 0.717) is 22.6 Å². The van der Waals surface area contributed by atoms with Crippen molar-refractivity contribution in [2.75, 3.05) is 13.2 Å². The van der Waals surface area contributed by atoms with Crippen LogP contribution in [0.25, 0.3) is 22.6 Å². The van der Waals surface area contributed by atoms with Gasteiger partial charge in [0, 0.05) is 11.8 Å². The van der Waals surface area contributed by atoms with Gasteiger partial charge in [-0.05, 0) is 76.8 Å². The molecule has 1 aliphatic heterocycles. The molecular formula is C29H34FN5O6. The summed E-state index contributed by atoms with van der Waals surface area (Å²) >= 11 is 0. The topological polar surface area (TPSA) is 152 Å². The summed E-state index contributed by atoms with van der Waals surface area (Å²) in [6.45, 7) is 4.67. The monoisotopic (exact) mass is 567 g/mol. The lowest BCUT2D eigenvalue weighted by Gasteiger charge is -2.40. The Labute approximate surface area is 237 Å². The highest BCUT2D eigenvalue weighted by Crippen LogP contribution is 2.40. The number of H-pyrrole nitrogens is 1. The maximum absolute atomic E-state index is 13.8. The largest absolute Gasteiger partial charge is 0.462 e. The quantitative estimate of drug-likeness (QED) is 0.384. The number of nitrogens with two attached hydrogens (primary N) is 1. The van der Waals surface area contributed by atoms with Crippen LogP contribution in [0, 0.1) is 11.2 Å². The SMILES string of the molecule is CC(C)OC(=O)C1(C)COC(C(N)=O)(c2nc(-c3ccc(F)cc3)c(-c3ccnc(OC4CCCCC4)n3)[nH]2)OC1. The number of amides is 1. The zero-order valence-electron chi connectivity index (χ0n) is 23.3. The number of primary amides is 1. The smallest absolute Gasteiger partial charge is 0.317 e. The molecule has 0 unspecified atom stereocenters. The number of nitrogens with zero attached hydrogens (tertiary/aromatic N) is 3. The van der Waals surface area contributed by atoms with Crippen LogP contribution < -0.4 is 10.5 Å². The van der Waals surface area contributed by atoms with Crippen LogP contribution in [0.3, 0.4) is 0 Å². The first-order chi connectivity index (χ1) is 19.6. The maximum atomic E-state index is 13.8. The lowest BCUT2D eigenvalue weighted by atomic mass is 9.91. The molecule has 1 saturated heterocycles. The van der Waals surface area contributed by atoms with Gasteiger partial charge in [-0.3, -0.25) is 9.59 Å². The van der Waals surface area contributed by atoms with Crippen molar-refractivity contribution in [1.82, 2.24) is 19.9 Å². The second-order valence-corrected chi connectivity index (χ2v) is 11.0. The molecule has 0 spiro atoms. The van der Waals surface area contributed by atoms with Crippen molar-refractivity contribution >= 4 is 11.9 Å². The van der Waals surface area contributed by atoms with Gasteiger partial charge in [0.15, 0.2) is 5.82 Å². The van der Waals surface area contributed by atoms with Crippen molar-refractivity contribution in [3.63, 3.8) is 0 Å². The summed E-state index contributed by atoms with van der Waals surface area (Å²) in [4.78, 5) is 42.2. The highest BCUT2D eigenvalue weighted by atomic mass is 19.1. The summed E-state index contributed by atoms with van der Waals surface area (Å²) in [5.41, 5.74) is 6.34. The van der Waals surface area contributed by atoms with Gasteiger partial charge in [-0.2, -0.15) is 4.98 Å². The minimum absolute atomic E-state index is 0.0340. The molecule has 12 heteroatoms. The second kappa shape index (κ2) is 11.5. The summed E-state index contributed by atoms with van der Waals surface area (Å²) in [7, 11) is 0. The Morgan fingerprint density at radius 3 is 2.39 bits per heavy atom. The Hall–Kier alpha value is -3.90. The molecule has 218 valence electrons. The van der Waals surface area contributed by atoms with Crippen LogP contribution in [0.2, 0.25) is 0 Å². The van der Waals surface area contributed by atoms with Gasteiger partial charge in [-0.1, -0.05) is 6.42 Å². The Bertz CT molecular complexity index is 1390. The number of esters is 1. The van der Waals surface area contributed by atoms with Crippen molar-refractivity contribution in [2.24, 2.45) is 11.1 Å². The second-order valence-electron chi connectivity index (χ2n) is 11.0. The van der Waals surface area contributed by atoms with E-state index in [0.717, 1.165) is 25.7 Å². The molecule has 1 saturated carbocycles. The molecule has 11 nitrogen and oxygen atoms in total. The molecular weight excluding hydrogens is 533 g/mol. The van der Waals surface area contributed by atoms with Crippen LogP contribution in [0.4, 0.5) is 4.39 Å². The number of hydrogen-bond acceptors (Lipinski definition) is 9. The average molecular weight is 568 g/mol. The van der Waals surface area contributed by atoms with Gasteiger partial charge < -0.3 is 29.7 Å². The number of carbonyl (C=O) groups excluding carboxylic acids is 2. The van der Waals surface area contributed by atoms with E-state index in [1.54, 1.807) is 45.2 Å². The number of halogens is 1. The molecule has 1 amide bonds. The summed E-state index contributed by atoms with van der Waals surface area (Å²) in [6, 6.07) is 7.58. The maximum Gasteiger partial charge on any atom is 0.317 e. The molecule has 2 aromatic heterocycles. The standard InChI is InChI=1S/C29H34FN5O6/c1-17(2)40-26(37)28(3)15-38-29(24(31)36,39-16-28)25-34-22(18-9-11-19(30)12-10-18)23(35-25)21-13-14-32-27(33-21)41-20-7-5-4-6-8-20/h9-14,17,20H,4-8,15-16H2,1-3H3,(H2,31,36)(H,34,35). The van der Waals surface area contributed by atoms with Gasteiger partial charge in [-0.25, -0.2) is 14.4 Å². The van der Waals surface area contributed by atoms with Gasteiger partial charge in [0.2, 0.25) is 0 Å². The minimum atomic E-state index is -2.13. The summed E-state index contributed by atoms with van der Waals surface area (Å²) in [5.74, 6) is -4.08. The zero-order chi connectivity index (χ0) is 29.2. The predicted molar refractivity (Wildman–Crippen MR) is 145 cm³/mol. The first-order valence-electron chi connectivity index (χ1n) is 13.7. The summed E-state index contributed by atoms with van der Waals surface area (Å²) in [5, 5.41) is 0. The van der Waals surface area contributed by atoms with Gasteiger partial charge in [0.25, 0.3) is 5.91 Å². The van der Waals surface area contributed by atoms with Gasteiger partial charge in [0.05, 0.1) is 36.4 Å². The number of imidazole rings is 1. The fourth-order valence-electron chi connectivity index (χ4n) is 4.88. The Morgan fingerprint density at radius 1 is 1.07 bits per heavy atom.